The first-order valence-electron chi connectivity index (χ1n) is 5.58. The number of rotatable bonds is 3. The number of thiophene rings is 1. The maximum absolute atomic E-state index is 12.0. The van der Waals surface area contributed by atoms with Crippen LogP contribution >= 0.6 is 11.3 Å². The maximum atomic E-state index is 12.0. The van der Waals surface area contributed by atoms with Crippen LogP contribution in [0.15, 0.2) is 11.4 Å². The van der Waals surface area contributed by atoms with Gasteiger partial charge in [0.25, 0.3) is 5.91 Å². The van der Waals surface area contributed by atoms with Crippen LogP contribution in [0.1, 0.15) is 23.3 Å². The Labute approximate surface area is 100 Å². The second kappa shape index (κ2) is 4.97. The zero-order chi connectivity index (χ0) is 11.5. The predicted octanol–water partition coefficient (Wildman–Crippen LogP) is 2.19. The number of hydrogen-bond acceptors (Lipinski definition) is 3. The van der Waals surface area contributed by atoms with Gasteiger partial charge in [-0.2, -0.15) is 0 Å². The molecule has 88 valence electrons. The third kappa shape index (κ3) is 2.44. The van der Waals surface area contributed by atoms with Gasteiger partial charge in [0.1, 0.15) is 6.10 Å². The van der Waals surface area contributed by atoms with E-state index in [1.54, 1.807) is 16.2 Å². The summed E-state index contributed by atoms with van der Waals surface area (Å²) in [5, 5.41) is 2.06. The molecule has 1 fully saturated rings. The second-order valence-electron chi connectivity index (χ2n) is 4.22. The Hall–Kier alpha value is -0.870. The van der Waals surface area contributed by atoms with Crippen molar-refractivity contribution < 1.29 is 9.53 Å². The molecule has 1 aromatic rings. The van der Waals surface area contributed by atoms with Gasteiger partial charge in [0.15, 0.2) is 0 Å². The Morgan fingerprint density at radius 1 is 1.69 bits per heavy atom. The number of ether oxygens (including phenoxy) is 1. The molecule has 1 aliphatic rings. The van der Waals surface area contributed by atoms with E-state index in [1.165, 1.54) is 10.4 Å². The molecule has 0 spiro atoms. The standard InChI is InChI=1S/C12H17NO2S/c1-9-5-7-16-11(9)8-13(2)12(14)10-4-3-6-15-10/h5,7,10H,3-4,6,8H2,1-2H3/t10-/m1/s1. The molecule has 1 aliphatic heterocycles. The van der Waals surface area contributed by atoms with Crippen molar-refractivity contribution in [2.45, 2.75) is 32.4 Å². The third-order valence-corrected chi connectivity index (χ3v) is 3.94. The first-order valence-corrected chi connectivity index (χ1v) is 6.46. The summed E-state index contributed by atoms with van der Waals surface area (Å²) < 4.78 is 5.40. The monoisotopic (exact) mass is 239 g/mol. The van der Waals surface area contributed by atoms with Crippen LogP contribution in [0.3, 0.4) is 0 Å². The van der Waals surface area contributed by atoms with Gasteiger partial charge in [-0.1, -0.05) is 0 Å². The summed E-state index contributed by atoms with van der Waals surface area (Å²) in [5.41, 5.74) is 1.26. The summed E-state index contributed by atoms with van der Waals surface area (Å²) in [6.45, 7) is 3.50. The molecule has 1 atom stereocenters. The van der Waals surface area contributed by atoms with E-state index in [4.69, 9.17) is 4.74 Å². The Morgan fingerprint density at radius 2 is 2.50 bits per heavy atom. The summed E-state index contributed by atoms with van der Waals surface area (Å²) in [5.74, 6) is 0.116. The first-order chi connectivity index (χ1) is 7.68. The van der Waals surface area contributed by atoms with Crippen molar-refractivity contribution in [1.29, 1.82) is 0 Å². The largest absolute Gasteiger partial charge is 0.368 e. The SMILES string of the molecule is Cc1ccsc1CN(C)C(=O)[C@H]1CCCO1. The van der Waals surface area contributed by atoms with Crippen molar-refractivity contribution in [3.63, 3.8) is 0 Å². The van der Waals surface area contributed by atoms with Crippen LogP contribution in [0, 0.1) is 6.92 Å². The number of amides is 1. The average molecular weight is 239 g/mol. The smallest absolute Gasteiger partial charge is 0.251 e. The molecule has 0 saturated carbocycles. The molecule has 1 aromatic heterocycles. The molecule has 2 heterocycles. The zero-order valence-corrected chi connectivity index (χ0v) is 10.5. The van der Waals surface area contributed by atoms with Gasteiger partial charge < -0.3 is 9.64 Å². The Bertz CT molecular complexity index is 369. The highest BCUT2D eigenvalue weighted by atomic mass is 32.1. The lowest BCUT2D eigenvalue weighted by Crippen LogP contribution is -2.35. The number of carbonyl (C=O) groups excluding carboxylic acids is 1. The lowest BCUT2D eigenvalue weighted by atomic mass is 10.2. The number of aryl methyl sites for hydroxylation is 1. The van der Waals surface area contributed by atoms with Crippen LogP contribution in [0.2, 0.25) is 0 Å². The average Bonchev–Trinajstić information content (AvgIpc) is 2.89. The van der Waals surface area contributed by atoms with Crippen LogP contribution in [0.5, 0.6) is 0 Å². The number of hydrogen-bond donors (Lipinski definition) is 0. The predicted molar refractivity (Wildman–Crippen MR) is 64.5 cm³/mol. The van der Waals surface area contributed by atoms with E-state index in [-0.39, 0.29) is 12.0 Å². The van der Waals surface area contributed by atoms with Crippen LogP contribution in [-0.2, 0) is 16.1 Å². The van der Waals surface area contributed by atoms with E-state index in [1.807, 2.05) is 7.05 Å². The van der Waals surface area contributed by atoms with E-state index in [0.717, 1.165) is 19.4 Å². The molecule has 0 N–H and O–H groups in total. The van der Waals surface area contributed by atoms with E-state index in [0.29, 0.717) is 6.54 Å². The second-order valence-corrected chi connectivity index (χ2v) is 5.22. The van der Waals surface area contributed by atoms with E-state index < -0.39 is 0 Å². The quantitative estimate of drug-likeness (QED) is 0.809. The highest BCUT2D eigenvalue weighted by molar-refractivity contribution is 7.10. The Balaban J connectivity index is 1.94. The summed E-state index contributed by atoms with van der Waals surface area (Å²) in [6.07, 6.45) is 1.67. The maximum Gasteiger partial charge on any atom is 0.251 e. The Morgan fingerprint density at radius 3 is 3.06 bits per heavy atom. The van der Waals surface area contributed by atoms with E-state index in [2.05, 4.69) is 18.4 Å². The normalized spacial score (nSPS) is 20.0. The van der Waals surface area contributed by atoms with Crippen LogP contribution < -0.4 is 0 Å². The van der Waals surface area contributed by atoms with Gasteiger partial charge in [0.2, 0.25) is 0 Å². The molecule has 1 saturated heterocycles. The van der Waals surface area contributed by atoms with E-state index >= 15 is 0 Å². The van der Waals surface area contributed by atoms with Gasteiger partial charge in [0.05, 0.1) is 6.54 Å². The first kappa shape index (κ1) is 11.6. The molecule has 3 nitrogen and oxygen atoms in total. The fourth-order valence-corrected chi connectivity index (χ4v) is 2.84. The summed E-state index contributed by atoms with van der Waals surface area (Å²) in [6, 6.07) is 2.09. The number of carbonyl (C=O) groups is 1. The number of likely N-dealkylation sites (N-methyl/N-ethyl adjacent to an activating group) is 1. The molecule has 0 unspecified atom stereocenters. The molecule has 1 amide bonds. The zero-order valence-electron chi connectivity index (χ0n) is 9.73. The third-order valence-electron chi connectivity index (χ3n) is 2.93. The minimum Gasteiger partial charge on any atom is -0.368 e. The lowest BCUT2D eigenvalue weighted by Gasteiger charge is -2.20. The van der Waals surface area contributed by atoms with E-state index in [9.17, 15) is 4.79 Å². The molecule has 2 rings (SSSR count). The van der Waals surface area contributed by atoms with Crippen molar-refractivity contribution in [1.82, 2.24) is 4.90 Å². The summed E-state index contributed by atoms with van der Waals surface area (Å²) in [4.78, 5) is 15.0. The molecule has 0 bridgehead atoms. The van der Waals surface area contributed by atoms with Gasteiger partial charge in [-0.15, -0.1) is 11.3 Å². The van der Waals surface area contributed by atoms with Crippen molar-refractivity contribution >= 4 is 17.2 Å². The van der Waals surface area contributed by atoms with Gasteiger partial charge in [-0.25, -0.2) is 0 Å². The topological polar surface area (TPSA) is 29.5 Å². The molecular weight excluding hydrogens is 222 g/mol. The molecule has 0 radical (unpaired) electrons. The summed E-state index contributed by atoms with van der Waals surface area (Å²) >= 11 is 1.70. The fraction of sp³-hybridized carbons (Fsp3) is 0.583. The molecule has 4 heteroatoms. The lowest BCUT2D eigenvalue weighted by molar-refractivity contribution is -0.140. The summed E-state index contributed by atoms with van der Waals surface area (Å²) in [7, 11) is 1.85. The minimum atomic E-state index is -0.203. The van der Waals surface area contributed by atoms with Crippen molar-refractivity contribution in [3.05, 3.63) is 21.9 Å². The van der Waals surface area contributed by atoms with Crippen LogP contribution in [0.4, 0.5) is 0 Å². The molecular formula is C12H17NO2S. The highest BCUT2D eigenvalue weighted by Crippen LogP contribution is 2.19. The number of nitrogens with zero attached hydrogens (tertiary/aromatic N) is 1. The van der Waals surface area contributed by atoms with Crippen LogP contribution in [0.25, 0.3) is 0 Å². The molecule has 0 aliphatic carbocycles. The van der Waals surface area contributed by atoms with Gasteiger partial charge in [-0.3, -0.25) is 4.79 Å². The van der Waals surface area contributed by atoms with Gasteiger partial charge in [-0.05, 0) is 36.8 Å². The van der Waals surface area contributed by atoms with Gasteiger partial charge in [0, 0.05) is 18.5 Å². The van der Waals surface area contributed by atoms with Crippen LogP contribution in [-0.4, -0.2) is 30.6 Å². The van der Waals surface area contributed by atoms with Crippen molar-refractivity contribution in [2.24, 2.45) is 0 Å². The Kier molecular flexibility index (Phi) is 3.61. The molecule has 0 aromatic carbocycles. The highest BCUT2D eigenvalue weighted by Gasteiger charge is 2.26. The fourth-order valence-electron chi connectivity index (χ4n) is 1.88. The van der Waals surface area contributed by atoms with Crippen molar-refractivity contribution in [3.8, 4) is 0 Å². The van der Waals surface area contributed by atoms with Gasteiger partial charge >= 0.3 is 0 Å². The van der Waals surface area contributed by atoms with Crippen molar-refractivity contribution in [2.75, 3.05) is 13.7 Å². The molecule has 16 heavy (non-hydrogen) atoms. The minimum absolute atomic E-state index is 0.116.